The highest BCUT2D eigenvalue weighted by Gasteiger charge is 2.25. The highest BCUT2D eigenvalue weighted by atomic mass is 19.3. The van der Waals surface area contributed by atoms with Gasteiger partial charge in [-0.2, -0.15) is 5.10 Å². The number of nitrogens with zero attached hydrogens (tertiary/aromatic N) is 2. The summed E-state index contributed by atoms with van der Waals surface area (Å²) in [5.74, 6) is -1.49. The second-order valence-electron chi connectivity index (χ2n) is 6.37. The van der Waals surface area contributed by atoms with Crippen molar-refractivity contribution in [3.63, 3.8) is 0 Å². The molecule has 140 valence electrons. The highest BCUT2D eigenvalue weighted by Crippen LogP contribution is 2.25. The van der Waals surface area contributed by atoms with Crippen molar-refractivity contribution in [3.05, 3.63) is 47.3 Å². The largest absolute Gasteiger partial charge is 0.481 e. The number of carbonyl (C=O) groups excluding carboxylic acids is 1. The summed E-state index contributed by atoms with van der Waals surface area (Å²) in [5.41, 5.74) is 0.569. The second kappa shape index (κ2) is 8.55. The van der Waals surface area contributed by atoms with Gasteiger partial charge in [0.15, 0.2) is 0 Å². The zero-order valence-electron chi connectivity index (χ0n) is 14.6. The Morgan fingerprint density at radius 1 is 1.31 bits per heavy atom. The number of carbonyl (C=O) groups is 2. The molecular weight excluding hydrogens is 344 g/mol. The molecule has 2 rings (SSSR count). The Morgan fingerprint density at radius 3 is 2.65 bits per heavy atom. The Kier molecular flexibility index (Phi) is 6.43. The maximum absolute atomic E-state index is 13.4. The van der Waals surface area contributed by atoms with Crippen LogP contribution in [-0.4, -0.2) is 26.8 Å². The first-order valence-corrected chi connectivity index (χ1v) is 8.24. The minimum absolute atomic E-state index is 0.0328. The summed E-state index contributed by atoms with van der Waals surface area (Å²) in [6.07, 6.45) is -1.39. The number of carboxylic acid groups (broad SMARTS) is 1. The van der Waals surface area contributed by atoms with Crippen molar-refractivity contribution in [1.29, 1.82) is 0 Å². The first kappa shape index (κ1) is 19.6. The van der Waals surface area contributed by atoms with Crippen LogP contribution >= 0.6 is 0 Å². The first-order valence-electron chi connectivity index (χ1n) is 8.24. The average molecular weight is 365 g/mol. The average Bonchev–Trinajstić information content (AvgIpc) is 2.96. The van der Waals surface area contributed by atoms with E-state index in [1.54, 1.807) is 24.3 Å². The molecular formula is C18H21F2N3O3. The number of hydrogen-bond acceptors (Lipinski definition) is 3. The van der Waals surface area contributed by atoms with Gasteiger partial charge >= 0.3 is 5.97 Å². The molecule has 8 heteroatoms. The van der Waals surface area contributed by atoms with Gasteiger partial charge in [-0.3, -0.25) is 14.3 Å². The molecule has 0 spiro atoms. The lowest BCUT2D eigenvalue weighted by molar-refractivity contribution is -0.136. The molecule has 1 heterocycles. The molecule has 1 amide bonds. The van der Waals surface area contributed by atoms with Crippen molar-refractivity contribution in [2.45, 2.75) is 39.7 Å². The minimum atomic E-state index is -2.82. The molecule has 0 fully saturated rings. The van der Waals surface area contributed by atoms with Crippen LogP contribution < -0.4 is 5.32 Å². The fourth-order valence-electron chi connectivity index (χ4n) is 2.55. The van der Waals surface area contributed by atoms with Gasteiger partial charge in [0.1, 0.15) is 5.69 Å². The van der Waals surface area contributed by atoms with E-state index in [1.807, 2.05) is 13.8 Å². The number of aliphatic carboxylic acids is 1. The molecule has 0 saturated heterocycles. The quantitative estimate of drug-likeness (QED) is 0.746. The van der Waals surface area contributed by atoms with Crippen LogP contribution in [0.25, 0.3) is 0 Å². The molecule has 0 aliphatic heterocycles. The van der Waals surface area contributed by atoms with Crippen LogP contribution in [0.1, 0.15) is 48.3 Å². The van der Waals surface area contributed by atoms with Gasteiger partial charge in [-0.25, -0.2) is 8.78 Å². The van der Waals surface area contributed by atoms with E-state index in [2.05, 4.69) is 10.4 Å². The van der Waals surface area contributed by atoms with E-state index in [4.69, 9.17) is 5.11 Å². The smallest absolute Gasteiger partial charge is 0.303 e. The van der Waals surface area contributed by atoms with Crippen LogP contribution in [0.15, 0.2) is 30.5 Å². The minimum Gasteiger partial charge on any atom is -0.481 e. The molecule has 0 atom stereocenters. The maximum atomic E-state index is 13.4. The predicted octanol–water partition coefficient (Wildman–Crippen LogP) is 3.75. The molecule has 0 aliphatic rings. The number of alkyl halides is 2. The molecule has 6 nitrogen and oxygen atoms in total. The zero-order chi connectivity index (χ0) is 19.3. The molecule has 2 N–H and O–H groups in total. The molecule has 0 bridgehead atoms. The van der Waals surface area contributed by atoms with Crippen LogP contribution in [0.4, 0.5) is 14.5 Å². The summed E-state index contributed by atoms with van der Waals surface area (Å²) < 4.78 is 28.0. The van der Waals surface area contributed by atoms with Crippen LogP contribution in [0.2, 0.25) is 0 Å². The number of carboxylic acids is 1. The normalized spacial score (nSPS) is 11.2. The summed E-state index contributed by atoms with van der Waals surface area (Å²) in [5, 5.41) is 15.2. The van der Waals surface area contributed by atoms with Gasteiger partial charge in [0.05, 0.1) is 11.8 Å². The van der Waals surface area contributed by atoms with Gasteiger partial charge < -0.3 is 10.4 Å². The number of rotatable bonds is 8. The molecule has 1 aromatic carbocycles. The second-order valence-corrected chi connectivity index (χ2v) is 6.37. The number of halogens is 2. The lowest BCUT2D eigenvalue weighted by Gasteiger charge is -2.11. The number of anilines is 1. The first-order chi connectivity index (χ1) is 12.3. The topological polar surface area (TPSA) is 84.2 Å². The van der Waals surface area contributed by atoms with E-state index in [-0.39, 0.29) is 24.4 Å². The van der Waals surface area contributed by atoms with Crippen LogP contribution in [0, 0.1) is 5.92 Å². The van der Waals surface area contributed by atoms with E-state index in [0.29, 0.717) is 12.1 Å². The number of aromatic nitrogens is 2. The number of benzene rings is 1. The molecule has 0 unspecified atom stereocenters. The van der Waals surface area contributed by atoms with Crippen LogP contribution in [-0.2, 0) is 17.8 Å². The van der Waals surface area contributed by atoms with Crippen molar-refractivity contribution in [2.75, 3.05) is 5.32 Å². The van der Waals surface area contributed by atoms with E-state index >= 15 is 0 Å². The fourth-order valence-corrected chi connectivity index (χ4v) is 2.55. The van der Waals surface area contributed by atoms with E-state index in [1.165, 1.54) is 0 Å². The van der Waals surface area contributed by atoms with Gasteiger partial charge in [-0.05, 0) is 30.0 Å². The Balaban J connectivity index is 2.18. The van der Waals surface area contributed by atoms with E-state index < -0.39 is 24.0 Å². The van der Waals surface area contributed by atoms with Crippen molar-refractivity contribution in [2.24, 2.45) is 5.92 Å². The number of hydrogen-bond donors (Lipinski definition) is 2. The summed E-state index contributed by atoms with van der Waals surface area (Å²) in [7, 11) is 0. The molecule has 0 radical (unpaired) electrons. The van der Waals surface area contributed by atoms with E-state index in [0.717, 1.165) is 16.4 Å². The van der Waals surface area contributed by atoms with Gasteiger partial charge in [0.25, 0.3) is 12.3 Å². The standard InChI is InChI=1S/C18H21F2N3O3/c1-11(2)10-23-16(17(19)20)14(9-21-23)18(26)22-13-5-3-4-12(8-13)6-7-15(24)25/h3-5,8-9,11,17H,6-7,10H2,1-2H3,(H,22,26)(H,24,25). The molecule has 0 aliphatic carbocycles. The monoisotopic (exact) mass is 365 g/mol. The Labute approximate surface area is 149 Å². The van der Waals surface area contributed by atoms with Gasteiger partial charge in [0.2, 0.25) is 0 Å². The Bertz CT molecular complexity index is 788. The number of nitrogens with one attached hydrogen (secondary N) is 1. The summed E-state index contributed by atoms with van der Waals surface area (Å²) in [4.78, 5) is 23.1. The zero-order valence-corrected chi connectivity index (χ0v) is 14.6. The van der Waals surface area contributed by atoms with Gasteiger partial charge in [0, 0.05) is 18.7 Å². The van der Waals surface area contributed by atoms with Crippen molar-refractivity contribution in [3.8, 4) is 0 Å². The third kappa shape index (κ3) is 5.11. The SMILES string of the molecule is CC(C)Cn1ncc(C(=O)Nc2cccc(CCC(=O)O)c2)c1C(F)F. The van der Waals surface area contributed by atoms with Gasteiger partial charge in [-0.1, -0.05) is 26.0 Å². The molecule has 0 saturated carbocycles. The summed E-state index contributed by atoms with van der Waals surface area (Å²) >= 11 is 0. The van der Waals surface area contributed by atoms with Crippen molar-refractivity contribution in [1.82, 2.24) is 9.78 Å². The van der Waals surface area contributed by atoms with Gasteiger partial charge in [-0.15, -0.1) is 0 Å². The molecule has 2 aromatic rings. The van der Waals surface area contributed by atoms with Crippen molar-refractivity contribution >= 4 is 17.6 Å². The van der Waals surface area contributed by atoms with Crippen molar-refractivity contribution < 1.29 is 23.5 Å². The third-order valence-electron chi connectivity index (χ3n) is 3.68. The fraction of sp³-hybridized carbons (Fsp3) is 0.389. The summed E-state index contributed by atoms with van der Waals surface area (Å²) in [6, 6.07) is 6.65. The van der Waals surface area contributed by atoms with E-state index in [9.17, 15) is 18.4 Å². The lowest BCUT2D eigenvalue weighted by atomic mass is 10.1. The Hall–Kier alpha value is -2.77. The maximum Gasteiger partial charge on any atom is 0.303 e. The molecule has 26 heavy (non-hydrogen) atoms. The highest BCUT2D eigenvalue weighted by molar-refractivity contribution is 6.05. The Morgan fingerprint density at radius 2 is 2.04 bits per heavy atom. The number of aryl methyl sites for hydroxylation is 1. The van der Waals surface area contributed by atoms with Crippen LogP contribution in [0.3, 0.4) is 0 Å². The summed E-state index contributed by atoms with van der Waals surface area (Å²) in [6.45, 7) is 4.04. The predicted molar refractivity (Wildman–Crippen MR) is 92.4 cm³/mol. The third-order valence-corrected chi connectivity index (χ3v) is 3.68. The lowest BCUT2D eigenvalue weighted by Crippen LogP contribution is -2.16. The number of amides is 1. The van der Waals surface area contributed by atoms with Crippen LogP contribution in [0.5, 0.6) is 0 Å². The molecule has 1 aromatic heterocycles.